The number of amides is 2. The molecule has 0 aliphatic heterocycles. The van der Waals surface area contributed by atoms with Crippen LogP contribution in [0.2, 0.25) is 0 Å². The van der Waals surface area contributed by atoms with E-state index in [1.165, 1.54) is 12.1 Å². The first-order valence-electron chi connectivity index (χ1n) is 14.5. The molecule has 43 heavy (non-hydrogen) atoms. The average Bonchev–Trinajstić information content (AvgIpc) is 3.42. The molecule has 0 saturated heterocycles. The molecule has 9 nitrogen and oxygen atoms in total. The highest BCUT2D eigenvalue weighted by atomic mass is 19.1. The minimum atomic E-state index is -0.458. The van der Waals surface area contributed by atoms with E-state index < -0.39 is 11.8 Å². The topological polar surface area (TPSA) is 104 Å². The number of nitrogens with one attached hydrogen (secondary N) is 3. The highest BCUT2D eigenvalue weighted by Crippen LogP contribution is 2.30. The summed E-state index contributed by atoms with van der Waals surface area (Å²) in [5.41, 5.74) is 8.15. The van der Waals surface area contributed by atoms with Crippen LogP contribution < -0.4 is 25.8 Å². The molecule has 0 atom stereocenters. The van der Waals surface area contributed by atoms with Gasteiger partial charge in [-0.05, 0) is 73.9 Å². The molecular weight excluding hydrogens is 547 g/mol. The molecule has 4 rings (SSSR count). The second-order valence-corrected chi connectivity index (χ2v) is 10.1. The molecule has 0 unspecified atom stereocenters. The van der Waals surface area contributed by atoms with E-state index in [-0.39, 0.29) is 19.1 Å². The van der Waals surface area contributed by atoms with Crippen LogP contribution in [0.25, 0.3) is 5.69 Å². The lowest BCUT2D eigenvalue weighted by Crippen LogP contribution is -2.37. The maximum absolute atomic E-state index is 14.2. The number of hydrogen-bond acceptors (Lipinski definition) is 6. The van der Waals surface area contributed by atoms with Crippen LogP contribution in [0.15, 0.2) is 66.7 Å². The van der Waals surface area contributed by atoms with Crippen molar-refractivity contribution in [2.45, 2.75) is 54.0 Å². The third-order valence-corrected chi connectivity index (χ3v) is 6.58. The maximum Gasteiger partial charge on any atom is 0.320 e. The number of ether oxygens (including phenoxy) is 1. The number of carbonyl (C=O) groups is 1. The van der Waals surface area contributed by atoms with Crippen molar-refractivity contribution in [2.24, 2.45) is 0 Å². The van der Waals surface area contributed by atoms with Crippen molar-refractivity contribution in [1.82, 2.24) is 20.5 Å². The van der Waals surface area contributed by atoms with E-state index in [9.17, 15) is 14.3 Å². The highest BCUT2D eigenvalue weighted by Gasteiger charge is 2.16. The van der Waals surface area contributed by atoms with Crippen LogP contribution in [0.1, 0.15) is 56.0 Å². The Kier molecular flexibility index (Phi) is 12.1. The number of carbonyl (C=O) groups excluding carboxylic acids is 1. The summed E-state index contributed by atoms with van der Waals surface area (Å²) in [6, 6.07) is 19.0. The van der Waals surface area contributed by atoms with Gasteiger partial charge >= 0.3 is 6.03 Å². The molecule has 10 heteroatoms. The Balaban J connectivity index is 0.00000248. The van der Waals surface area contributed by atoms with Crippen LogP contribution >= 0.6 is 0 Å². The van der Waals surface area contributed by atoms with Crippen molar-refractivity contribution in [2.75, 3.05) is 30.5 Å². The largest absolute Gasteiger partial charge is 0.457 e. The van der Waals surface area contributed by atoms with Crippen molar-refractivity contribution < 1.29 is 19.0 Å². The normalized spacial score (nSPS) is 10.7. The van der Waals surface area contributed by atoms with Crippen LogP contribution in [-0.2, 0) is 6.54 Å². The van der Waals surface area contributed by atoms with Gasteiger partial charge in [0.2, 0.25) is 0 Å². The molecule has 1 heterocycles. The standard InChI is InChI=1S/C31H37FN6O3.C2H6/c1-20(2)27-18-30(38(36-27)25-9-6-21(3)7-10-25)35-31(40)34-19-23-17-24(32)8-13-29(23)41-26-11-12-28(22(4)16-26)37(33-5)14-15-39;1-2/h6-13,16-18,20,33,39H,14-15,19H2,1-5H3,(H2,34,35,40);1-2H3. The van der Waals surface area contributed by atoms with Gasteiger partial charge in [0.1, 0.15) is 23.1 Å². The number of aliphatic hydroxyl groups excluding tert-OH is 1. The number of halogens is 1. The van der Waals surface area contributed by atoms with Crippen molar-refractivity contribution in [3.8, 4) is 17.2 Å². The number of aliphatic hydroxyl groups is 1. The first-order chi connectivity index (χ1) is 20.7. The van der Waals surface area contributed by atoms with Crippen molar-refractivity contribution in [3.63, 3.8) is 0 Å². The third kappa shape index (κ3) is 8.79. The Labute approximate surface area is 253 Å². The Bertz CT molecular complexity index is 1490. The molecule has 230 valence electrons. The fourth-order valence-electron chi connectivity index (χ4n) is 4.35. The minimum Gasteiger partial charge on any atom is -0.457 e. The summed E-state index contributed by atoms with van der Waals surface area (Å²) in [5, 5.41) is 21.5. The van der Waals surface area contributed by atoms with Crippen LogP contribution in [0.3, 0.4) is 0 Å². The van der Waals surface area contributed by atoms with Crippen LogP contribution in [0.5, 0.6) is 11.5 Å². The SMILES string of the molecule is CC.CNN(CCO)c1ccc(Oc2ccc(F)cc2CNC(=O)Nc2cc(C(C)C)nn2-c2ccc(C)cc2)cc1C. The molecule has 1 aromatic heterocycles. The van der Waals surface area contributed by atoms with Gasteiger partial charge < -0.3 is 20.2 Å². The first kappa shape index (κ1) is 33.1. The molecule has 3 aromatic carbocycles. The van der Waals surface area contributed by atoms with Crippen molar-refractivity contribution in [3.05, 3.63) is 94.9 Å². The number of urea groups is 1. The number of anilines is 2. The van der Waals surface area contributed by atoms with Gasteiger partial charge in [-0.25, -0.2) is 19.3 Å². The Morgan fingerprint density at radius 3 is 2.40 bits per heavy atom. The summed E-state index contributed by atoms with van der Waals surface area (Å²) in [4.78, 5) is 13.0. The number of rotatable bonds is 11. The zero-order valence-corrected chi connectivity index (χ0v) is 26.0. The Morgan fingerprint density at radius 1 is 1.05 bits per heavy atom. The molecule has 0 fully saturated rings. The van der Waals surface area contributed by atoms with E-state index >= 15 is 0 Å². The summed E-state index contributed by atoms with van der Waals surface area (Å²) in [6.07, 6.45) is 0. The van der Waals surface area contributed by atoms with Gasteiger partial charge in [0.15, 0.2) is 0 Å². The third-order valence-electron chi connectivity index (χ3n) is 6.58. The van der Waals surface area contributed by atoms with Gasteiger partial charge in [-0.2, -0.15) is 5.10 Å². The van der Waals surface area contributed by atoms with E-state index in [0.29, 0.717) is 29.4 Å². The number of aromatic nitrogens is 2. The number of nitrogens with zero attached hydrogens (tertiary/aromatic N) is 3. The average molecular weight is 591 g/mol. The zero-order chi connectivity index (χ0) is 31.5. The number of hydrogen-bond donors (Lipinski definition) is 4. The molecular formula is C33H43FN6O3. The number of aryl methyl sites for hydroxylation is 2. The molecule has 0 radical (unpaired) electrons. The van der Waals surface area contributed by atoms with Gasteiger partial charge in [-0.3, -0.25) is 5.32 Å². The fourth-order valence-corrected chi connectivity index (χ4v) is 4.35. The van der Waals surface area contributed by atoms with Crippen LogP contribution in [-0.4, -0.2) is 41.1 Å². The van der Waals surface area contributed by atoms with Gasteiger partial charge in [-0.15, -0.1) is 0 Å². The number of benzene rings is 3. The van der Waals surface area contributed by atoms with E-state index in [1.54, 1.807) is 23.9 Å². The van der Waals surface area contributed by atoms with Crippen LogP contribution in [0.4, 0.5) is 20.7 Å². The summed E-state index contributed by atoms with van der Waals surface area (Å²) < 4.78 is 22.0. The first-order valence-corrected chi connectivity index (χ1v) is 14.5. The predicted molar refractivity (Wildman–Crippen MR) is 171 cm³/mol. The molecule has 0 bridgehead atoms. The fraction of sp³-hybridized carbons (Fsp3) is 0.333. The summed E-state index contributed by atoms with van der Waals surface area (Å²) >= 11 is 0. The van der Waals surface area contributed by atoms with Crippen molar-refractivity contribution in [1.29, 1.82) is 0 Å². The smallest absolute Gasteiger partial charge is 0.320 e. The Hall–Kier alpha value is -4.41. The summed E-state index contributed by atoms with van der Waals surface area (Å²) in [5.74, 6) is 1.25. The van der Waals surface area contributed by atoms with Crippen molar-refractivity contribution >= 4 is 17.5 Å². The second-order valence-electron chi connectivity index (χ2n) is 10.1. The molecule has 4 N–H and O–H groups in total. The van der Waals surface area contributed by atoms with Gasteiger partial charge in [-0.1, -0.05) is 45.4 Å². The molecule has 0 spiro atoms. The van der Waals surface area contributed by atoms with E-state index in [2.05, 4.69) is 21.2 Å². The molecule has 0 aliphatic rings. The zero-order valence-electron chi connectivity index (χ0n) is 26.0. The van der Waals surface area contributed by atoms with E-state index in [4.69, 9.17) is 4.74 Å². The minimum absolute atomic E-state index is 0.00519. The summed E-state index contributed by atoms with van der Waals surface area (Å²) in [6.45, 7) is 12.5. The molecule has 0 aliphatic carbocycles. The highest BCUT2D eigenvalue weighted by molar-refractivity contribution is 5.88. The lowest BCUT2D eigenvalue weighted by molar-refractivity contribution is 0.251. The quantitative estimate of drug-likeness (QED) is 0.143. The summed E-state index contributed by atoms with van der Waals surface area (Å²) in [7, 11) is 1.78. The molecule has 0 saturated carbocycles. The van der Waals surface area contributed by atoms with Gasteiger partial charge in [0.25, 0.3) is 0 Å². The molecule has 2 amide bonds. The van der Waals surface area contributed by atoms with E-state index in [1.807, 2.05) is 89.0 Å². The van der Waals surface area contributed by atoms with Crippen LogP contribution in [0, 0.1) is 19.7 Å². The number of hydrazine groups is 1. The second kappa shape index (κ2) is 15.7. The monoisotopic (exact) mass is 590 g/mol. The van der Waals surface area contributed by atoms with E-state index in [0.717, 1.165) is 28.2 Å². The lowest BCUT2D eigenvalue weighted by Gasteiger charge is -2.24. The molecule has 4 aromatic rings. The van der Waals surface area contributed by atoms with Gasteiger partial charge in [0, 0.05) is 25.2 Å². The Morgan fingerprint density at radius 2 is 1.77 bits per heavy atom. The predicted octanol–water partition coefficient (Wildman–Crippen LogP) is 6.82. The maximum atomic E-state index is 14.2. The lowest BCUT2D eigenvalue weighted by atomic mass is 10.1. The van der Waals surface area contributed by atoms with Gasteiger partial charge in [0.05, 0.1) is 30.2 Å².